The summed E-state index contributed by atoms with van der Waals surface area (Å²) in [5.74, 6) is -1.68. The van der Waals surface area contributed by atoms with Gasteiger partial charge in [-0.25, -0.2) is 0 Å². The van der Waals surface area contributed by atoms with Crippen molar-refractivity contribution >= 4 is 17.5 Å². The molecule has 0 aliphatic carbocycles. The van der Waals surface area contributed by atoms with E-state index in [-0.39, 0.29) is 28.7 Å². The average Bonchev–Trinajstić information content (AvgIpc) is 2.94. The molecule has 1 aromatic heterocycles. The second kappa shape index (κ2) is 6.59. The van der Waals surface area contributed by atoms with Crippen molar-refractivity contribution in [3.05, 3.63) is 57.5 Å². The first-order chi connectivity index (χ1) is 13.9. The van der Waals surface area contributed by atoms with Gasteiger partial charge < -0.3 is 14.2 Å². The lowest BCUT2D eigenvalue weighted by atomic mass is 9.65. The van der Waals surface area contributed by atoms with E-state index in [9.17, 15) is 14.9 Å². The van der Waals surface area contributed by atoms with Gasteiger partial charge in [-0.05, 0) is 25.0 Å². The smallest absolute Gasteiger partial charge is 0.258 e. The van der Waals surface area contributed by atoms with E-state index in [1.807, 2.05) is 19.1 Å². The van der Waals surface area contributed by atoms with Crippen LogP contribution in [-0.4, -0.2) is 22.9 Å². The molecule has 2 aliphatic rings. The van der Waals surface area contributed by atoms with Crippen molar-refractivity contribution < 1.29 is 9.53 Å². The molecule has 2 atom stereocenters. The Morgan fingerprint density at radius 1 is 1.31 bits per heavy atom. The molecule has 1 amide bonds. The maximum Gasteiger partial charge on any atom is 0.258 e. The van der Waals surface area contributed by atoms with Crippen molar-refractivity contribution in [1.29, 1.82) is 10.7 Å². The van der Waals surface area contributed by atoms with E-state index >= 15 is 0 Å². The number of carbonyl (C=O) groups is 1. The number of carbonyl (C=O) groups excluding carboxylic acids is 1. The first-order valence-corrected chi connectivity index (χ1v) is 9.68. The van der Waals surface area contributed by atoms with Gasteiger partial charge in [0.15, 0.2) is 0 Å². The van der Waals surface area contributed by atoms with Crippen molar-refractivity contribution in [1.82, 2.24) is 4.57 Å². The summed E-state index contributed by atoms with van der Waals surface area (Å²) in [5, 5.41) is 18.4. The molecule has 0 fully saturated rings. The number of fused-ring (bicyclic) bond motifs is 4. The van der Waals surface area contributed by atoms with E-state index in [1.165, 1.54) is 4.57 Å². The molecule has 2 aliphatic heterocycles. The zero-order chi connectivity index (χ0) is 20.9. The van der Waals surface area contributed by atoms with E-state index in [0.29, 0.717) is 23.5 Å². The van der Waals surface area contributed by atoms with Crippen molar-refractivity contribution in [2.45, 2.75) is 32.1 Å². The molecule has 0 saturated carbocycles. The van der Waals surface area contributed by atoms with Gasteiger partial charge in [-0.1, -0.05) is 31.5 Å². The Morgan fingerprint density at radius 3 is 2.72 bits per heavy atom. The topological polar surface area (TPSA) is 99.2 Å². The van der Waals surface area contributed by atoms with Crippen LogP contribution in [-0.2, 0) is 17.3 Å². The Bertz CT molecular complexity index is 1140. The predicted octanol–water partition coefficient (Wildman–Crippen LogP) is 2.64. The Hall–Kier alpha value is -3.40. The molecule has 1 aromatic carbocycles. The van der Waals surface area contributed by atoms with Crippen LogP contribution in [0.15, 0.2) is 35.1 Å². The van der Waals surface area contributed by atoms with Gasteiger partial charge in [-0.15, -0.1) is 0 Å². The predicted molar refractivity (Wildman–Crippen MR) is 108 cm³/mol. The highest BCUT2D eigenvalue weighted by Crippen LogP contribution is 2.54. The number of unbranched alkanes of at least 4 members (excludes halogenated alkanes) is 1. The fourth-order valence-electron chi connectivity index (χ4n) is 4.45. The highest BCUT2D eigenvalue weighted by Gasteiger charge is 2.63. The Balaban J connectivity index is 2.13. The largest absolute Gasteiger partial charge is 0.441 e. The minimum absolute atomic E-state index is 0.143. The first kappa shape index (κ1) is 18.9. The molecule has 7 nitrogen and oxygen atoms in total. The molecule has 0 saturated heterocycles. The Kier molecular flexibility index (Phi) is 4.30. The lowest BCUT2D eigenvalue weighted by Crippen LogP contribution is -2.55. The number of ether oxygens (including phenoxy) is 1. The summed E-state index contributed by atoms with van der Waals surface area (Å²) in [6, 6.07) is 11.0. The summed E-state index contributed by atoms with van der Waals surface area (Å²) >= 11 is 0. The average molecular weight is 390 g/mol. The maximum absolute atomic E-state index is 13.9. The lowest BCUT2D eigenvalue weighted by molar-refractivity contribution is -0.122. The number of aromatic nitrogens is 1. The summed E-state index contributed by atoms with van der Waals surface area (Å²) in [5.41, 5.74) is 0.107. The molecule has 1 spiro atoms. The fraction of sp³-hybridized carbons (Fsp3) is 0.364. The molecule has 3 heterocycles. The van der Waals surface area contributed by atoms with Crippen molar-refractivity contribution in [3.8, 4) is 11.8 Å². The quantitative estimate of drug-likeness (QED) is 0.871. The molecular formula is C22H22N4O3. The van der Waals surface area contributed by atoms with Crippen LogP contribution in [0.5, 0.6) is 5.75 Å². The number of aryl methyl sites for hydroxylation is 1. The minimum atomic E-state index is -1.58. The van der Waals surface area contributed by atoms with E-state index in [2.05, 4.69) is 6.07 Å². The van der Waals surface area contributed by atoms with Crippen molar-refractivity contribution in [2.24, 2.45) is 13.0 Å². The van der Waals surface area contributed by atoms with Crippen LogP contribution in [0.4, 0.5) is 5.69 Å². The van der Waals surface area contributed by atoms with E-state index in [4.69, 9.17) is 10.1 Å². The number of hydrogen-bond donors (Lipinski definition) is 1. The third-order valence-corrected chi connectivity index (χ3v) is 6.01. The van der Waals surface area contributed by atoms with Crippen LogP contribution in [0.1, 0.15) is 36.6 Å². The molecule has 148 valence electrons. The molecule has 2 aromatic rings. The second-order valence-corrected chi connectivity index (χ2v) is 7.55. The molecule has 29 heavy (non-hydrogen) atoms. The number of rotatable bonds is 3. The normalized spacial score (nSPS) is 22.3. The van der Waals surface area contributed by atoms with Gasteiger partial charge in [0.2, 0.25) is 11.8 Å². The van der Waals surface area contributed by atoms with Crippen molar-refractivity contribution in [2.75, 3.05) is 11.4 Å². The first-order valence-electron chi connectivity index (χ1n) is 9.68. The number of nitriles is 1. The standard InChI is InChI=1S/C22H22N4O3/c1-4-5-10-26-16-9-7-6-8-14(16)22(21(26)28)15(12-23)19(24)29-17-11-13(2)25(3)20(27)18(17)22/h6-9,11,15,24H,4-5,10H2,1-3H3. The summed E-state index contributed by atoms with van der Waals surface area (Å²) in [4.78, 5) is 29.0. The number of anilines is 1. The van der Waals surface area contributed by atoms with Gasteiger partial charge in [0.25, 0.3) is 5.56 Å². The SMILES string of the molecule is CCCCN1C(=O)C2(c3ccccc31)c1c(cc(C)n(C)c1=O)OC(=N)C2C#N. The molecule has 2 unspecified atom stereocenters. The van der Waals surface area contributed by atoms with Crippen LogP contribution in [0.25, 0.3) is 0 Å². The number of nitrogens with zero attached hydrogens (tertiary/aromatic N) is 3. The zero-order valence-corrected chi connectivity index (χ0v) is 16.7. The van der Waals surface area contributed by atoms with Gasteiger partial charge in [0.1, 0.15) is 17.1 Å². The van der Waals surface area contributed by atoms with Gasteiger partial charge >= 0.3 is 0 Å². The molecule has 0 radical (unpaired) electrons. The second-order valence-electron chi connectivity index (χ2n) is 7.55. The minimum Gasteiger partial charge on any atom is -0.441 e. The number of pyridine rings is 1. The molecule has 0 bridgehead atoms. The van der Waals surface area contributed by atoms with Crippen molar-refractivity contribution in [3.63, 3.8) is 0 Å². The fourth-order valence-corrected chi connectivity index (χ4v) is 4.45. The molecule has 1 N–H and O–H groups in total. The zero-order valence-electron chi connectivity index (χ0n) is 16.7. The number of nitrogens with one attached hydrogen (secondary N) is 1. The summed E-state index contributed by atoms with van der Waals surface area (Å²) in [7, 11) is 1.63. The number of amides is 1. The van der Waals surface area contributed by atoms with Gasteiger partial charge in [-0.3, -0.25) is 15.0 Å². The third-order valence-electron chi connectivity index (χ3n) is 6.01. The van der Waals surface area contributed by atoms with Crippen LogP contribution < -0.4 is 15.2 Å². The molecule has 4 rings (SSSR count). The van der Waals surface area contributed by atoms with E-state index in [0.717, 1.165) is 12.8 Å². The number of para-hydroxylation sites is 1. The number of benzene rings is 1. The number of hydrogen-bond acceptors (Lipinski definition) is 5. The van der Waals surface area contributed by atoms with Crippen LogP contribution >= 0.6 is 0 Å². The van der Waals surface area contributed by atoms with Gasteiger partial charge in [0, 0.05) is 31.0 Å². The third kappa shape index (κ3) is 2.32. The van der Waals surface area contributed by atoms with Crippen LogP contribution in [0, 0.1) is 29.6 Å². The van der Waals surface area contributed by atoms with E-state index in [1.54, 1.807) is 37.1 Å². The van der Waals surface area contributed by atoms with E-state index < -0.39 is 11.3 Å². The van der Waals surface area contributed by atoms with Gasteiger partial charge in [0.05, 0.1) is 11.6 Å². The molecular weight excluding hydrogens is 368 g/mol. The Labute approximate surface area is 168 Å². The molecule has 7 heteroatoms. The summed E-state index contributed by atoms with van der Waals surface area (Å²) in [6.45, 7) is 4.29. The highest BCUT2D eigenvalue weighted by molar-refractivity contribution is 6.14. The van der Waals surface area contributed by atoms with Crippen LogP contribution in [0.2, 0.25) is 0 Å². The highest BCUT2D eigenvalue weighted by atomic mass is 16.5. The lowest BCUT2D eigenvalue weighted by Gasteiger charge is -2.37. The van der Waals surface area contributed by atoms with Crippen LogP contribution in [0.3, 0.4) is 0 Å². The monoisotopic (exact) mass is 390 g/mol. The summed E-state index contributed by atoms with van der Waals surface area (Å²) < 4.78 is 7.05. The Morgan fingerprint density at radius 2 is 2.03 bits per heavy atom. The summed E-state index contributed by atoms with van der Waals surface area (Å²) in [6.07, 6.45) is 1.69. The van der Waals surface area contributed by atoms with Gasteiger partial charge in [-0.2, -0.15) is 5.26 Å². The maximum atomic E-state index is 13.9.